The second kappa shape index (κ2) is 10.1. The van der Waals surface area contributed by atoms with E-state index in [0.29, 0.717) is 11.3 Å². The quantitative estimate of drug-likeness (QED) is 0.334. The van der Waals surface area contributed by atoms with E-state index in [1.165, 1.54) is 18.6 Å². The van der Waals surface area contributed by atoms with Crippen LogP contribution in [0.3, 0.4) is 0 Å². The van der Waals surface area contributed by atoms with Crippen LogP contribution in [0.2, 0.25) is 0 Å². The van der Waals surface area contributed by atoms with Gasteiger partial charge in [0.15, 0.2) is 0 Å². The molecule has 0 aliphatic carbocycles. The Bertz CT molecular complexity index is 1430. The number of rotatable bonds is 6. The predicted molar refractivity (Wildman–Crippen MR) is 134 cm³/mol. The first-order chi connectivity index (χ1) is 17.1. The summed E-state index contributed by atoms with van der Waals surface area (Å²) in [5.41, 5.74) is 4.43. The zero-order chi connectivity index (χ0) is 26.0. The number of carbonyl (C=O) groups is 2. The van der Waals surface area contributed by atoms with Crippen molar-refractivity contribution in [2.75, 3.05) is 10.6 Å². The third-order valence-corrected chi connectivity index (χ3v) is 6.05. The molecule has 2 N–H and O–H groups in total. The Balaban J connectivity index is 1.51. The zero-order valence-corrected chi connectivity index (χ0v) is 20.3. The lowest BCUT2D eigenvalue weighted by atomic mass is 10.0. The molecule has 6 nitrogen and oxygen atoms in total. The van der Waals surface area contributed by atoms with Crippen molar-refractivity contribution >= 4 is 23.2 Å². The van der Waals surface area contributed by atoms with Gasteiger partial charge in [-0.25, -0.2) is 8.78 Å². The predicted octanol–water partition coefficient (Wildman–Crippen LogP) is 6.29. The summed E-state index contributed by atoms with van der Waals surface area (Å²) >= 11 is 0. The van der Waals surface area contributed by atoms with Crippen molar-refractivity contribution < 1.29 is 22.9 Å². The Morgan fingerprint density at radius 2 is 1.50 bits per heavy atom. The lowest BCUT2D eigenvalue weighted by molar-refractivity contribution is -0.115. The molecule has 0 aliphatic heterocycles. The van der Waals surface area contributed by atoms with Gasteiger partial charge in [-0.3, -0.25) is 9.59 Å². The van der Waals surface area contributed by atoms with E-state index in [2.05, 4.69) is 15.8 Å². The third kappa shape index (κ3) is 5.17. The van der Waals surface area contributed by atoms with Gasteiger partial charge in [0.05, 0.1) is 12.0 Å². The fraction of sp³-hybridized carbons (Fsp3) is 0.179. The van der Waals surface area contributed by atoms with E-state index in [4.69, 9.17) is 4.52 Å². The summed E-state index contributed by atoms with van der Waals surface area (Å²) in [4.78, 5) is 25.7. The molecule has 2 amide bonds. The number of aromatic nitrogens is 1. The van der Waals surface area contributed by atoms with E-state index in [1.807, 2.05) is 32.9 Å². The molecule has 0 bridgehead atoms. The average Bonchev–Trinajstić information content (AvgIpc) is 3.18. The smallest absolute Gasteiger partial charge is 0.261 e. The zero-order valence-electron chi connectivity index (χ0n) is 20.3. The monoisotopic (exact) mass is 489 g/mol. The number of halogens is 2. The first kappa shape index (κ1) is 24.8. The number of carbonyl (C=O) groups excluding carboxylic acids is 2. The van der Waals surface area contributed by atoms with Crippen molar-refractivity contribution in [2.45, 2.75) is 34.1 Å². The van der Waals surface area contributed by atoms with Crippen LogP contribution < -0.4 is 10.6 Å². The van der Waals surface area contributed by atoms with Crippen LogP contribution in [-0.2, 0) is 11.2 Å². The summed E-state index contributed by atoms with van der Waals surface area (Å²) < 4.78 is 33.7. The Morgan fingerprint density at radius 3 is 2.17 bits per heavy atom. The van der Waals surface area contributed by atoms with Gasteiger partial charge in [-0.05, 0) is 86.3 Å². The van der Waals surface area contributed by atoms with E-state index < -0.39 is 23.1 Å². The molecule has 0 saturated carbocycles. The van der Waals surface area contributed by atoms with Gasteiger partial charge in [0.2, 0.25) is 5.91 Å². The van der Waals surface area contributed by atoms with Crippen LogP contribution in [-0.4, -0.2) is 17.0 Å². The first-order valence-electron chi connectivity index (χ1n) is 11.3. The van der Waals surface area contributed by atoms with Crippen LogP contribution in [0.25, 0.3) is 11.3 Å². The minimum Gasteiger partial charge on any atom is -0.360 e. The Morgan fingerprint density at radius 1 is 0.861 bits per heavy atom. The van der Waals surface area contributed by atoms with Gasteiger partial charge in [0.25, 0.3) is 5.91 Å². The molecular weight excluding hydrogens is 464 g/mol. The third-order valence-electron chi connectivity index (χ3n) is 6.05. The van der Waals surface area contributed by atoms with E-state index in [9.17, 15) is 18.4 Å². The Labute approximate surface area is 207 Å². The summed E-state index contributed by atoms with van der Waals surface area (Å²) in [7, 11) is 0. The lowest BCUT2D eigenvalue weighted by Crippen LogP contribution is -2.16. The molecule has 4 rings (SSSR count). The molecule has 4 aromatic rings. The van der Waals surface area contributed by atoms with Gasteiger partial charge < -0.3 is 15.2 Å². The van der Waals surface area contributed by atoms with E-state index in [1.54, 1.807) is 24.3 Å². The summed E-state index contributed by atoms with van der Waals surface area (Å²) in [5, 5.41) is 9.33. The highest BCUT2D eigenvalue weighted by molar-refractivity contribution is 6.09. The second-order valence-corrected chi connectivity index (χ2v) is 8.67. The summed E-state index contributed by atoms with van der Waals surface area (Å²) in [6, 6.07) is 14.0. The number of benzene rings is 3. The Hall–Kier alpha value is -4.33. The van der Waals surface area contributed by atoms with E-state index in [-0.39, 0.29) is 29.3 Å². The van der Waals surface area contributed by atoms with Crippen molar-refractivity contribution in [1.82, 2.24) is 5.16 Å². The molecule has 0 fully saturated rings. The number of nitrogens with zero attached hydrogens (tertiary/aromatic N) is 1. The lowest BCUT2D eigenvalue weighted by Gasteiger charge is -2.11. The standard InChI is InChI=1S/C28H25F2N3O3/c1-15-11-21(12-16(2)17(15)3)31-24(34)14-19-7-5-8-20(13-19)32-28(35)25-18(4)36-33-27(25)26-22(29)9-6-10-23(26)30/h5-13H,14H2,1-4H3,(H,31,34)(H,32,35). The largest absolute Gasteiger partial charge is 0.360 e. The van der Waals surface area contributed by atoms with E-state index in [0.717, 1.165) is 28.9 Å². The van der Waals surface area contributed by atoms with Crippen LogP contribution in [0.1, 0.15) is 38.4 Å². The second-order valence-electron chi connectivity index (χ2n) is 8.67. The summed E-state index contributed by atoms with van der Waals surface area (Å²) in [5.74, 6) is -2.44. The average molecular weight is 490 g/mol. The van der Waals surface area contributed by atoms with Crippen LogP contribution in [0.4, 0.5) is 20.2 Å². The molecular formula is C28H25F2N3O3. The van der Waals surface area contributed by atoms with Crippen molar-refractivity contribution in [3.8, 4) is 11.3 Å². The normalized spacial score (nSPS) is 10.8. The van der Waals surface area contributed by atoms with Gasteiger partial charge in [-0.2, -0.15) is 0 Å². The highest BCUT2D eigenvalue weighted by atomic mass is 19.1. The van der Waals surface area contributed by atoms with Crippen LogP contribution >= 0.6 is 0 Å². The number of nitrogens with one attached hydrogen (secondary N) is 2. The highest BCUT2D eigenvalue weighted by Crippen LogP contribution is 2.30. The first-order valence-corrected chi connectivity index (χ1v) is 11.3. The maximum absolute atomic E-state index is 14.3. The van der Waals surface area contributed by atoms with Crippen LogP contribution in [0.5, 0.6) is 0 Å². The molecule has 0 spiro atoms. The number of amides is 2. The maximum Gasteiger partial charge on any atom is 0.261 e. The number of aryl methyl sites for hydroxylation is 3. The maximum atomic E-state index is 14.3. The topological polar surface area (TPSA) is 84.2 Å². The van der Waals surface area contributed by atoms with Crippen LogP contribution in [0.15, 0.2) is 59.1 Å². The van der Waals surface area contributed by atoms with Gasteiger partial charge in [-0.15, -0.1) is 0 Å². The van der Waals surface area contributed by atoms with Gasteiger partial charge in [0.1, 0.15) is 28.7 Å². The molecule has 1 heterocycles. The molecule has 0 unspecified atom stereocenters. The highest BCUT2D eigenvalue weighted by Gasteiger charge is 2.26. The van der Waals surface area contributed by atoms with Crippen molar-refractivity contribution in [3.05, 3.63) is 99.8 Å². The van der Waals surface area contributed by atoms with E-state index >= 15 is 0 Å². The molecule has 0 atom stereocenters. The summed E-state index contributed by atoms with van der Waals surface area (Å²) in [6.07, 6.45) is 0.0909. The number of hydrogen-bond acceptors (Lipinski definition) is 4. The minimum atomic E-state index is -0.857. The van der Waals surface area contributed by atoms with Crippen LogP contribution in [0, 0.1) is 39.3 Å². The van der Waals surface area contributed by atoms with Gasteiger partial charge >= 0.3 is 0 Å². The number of hydrogen-bond donors (Lipinski definition) is 2. The SMILES string of the molecule is Cc1cc(NC(=O)Cc2cccc(NC(=O)c3c(-c4c(F)cccc4F)noc3C)c2)cc(C)c1C. The van der Waals surface area contributed by atoms with Crippen molar-refractivity contribution in [1.29, 1.82) is 0 Å². The fourth-order valence-electron chi connectivity index (χ4n) is 3.99. The molecule has 0 saturated heterocycles. The molecule has 3 aromatic carbocycles. The molecule has 0 aliphatic rings. The van der Waals surface area contributed by atoms with Crippen molar-refractivity contribution in [3.63, 3.8) is 0 Å². The van der Waals surface area contributed by atoms with Gasteiger partial charge in [0, 0.05) is 11.4 Å². The van der Waals surface area contributed by atoms with Gasteiger partial charge in [-0.1, -0.05) is 23.4 Å². The molecule has 1 aromatic heterocycles. The summed E-state index contributed by atoms with van der Waals surface area (Å²) in [6.45, 7) is 7.51. The van der Waals surface area contributed by atoms with Crippen molar-refractivity contribution in [2.24, 2.45) is 0 Å². The molecule has 184 valence electrons. The Kier molecular flexibility index (Phi) is 6.96. The molecule has 0 radical (unpaired) electrons. The minimum absolute atomic E-state index is 0.0766. The fourth-order valence-corrected chi connectivity index (χ4v) is 3.99. The number of anilines is 2. The molecule has 8 heteroatoms. The molecule has 36 heavy (non-hydrogen) atoms.